The van der Waals surface area contributed by atoms with Gasteiger partial charge in [-0.05, 0) is 45.6 Å². The van der Waals surface area contributed by atoms with Crippen LogP contribution in [0.15, 0.2) is 30.3 Å². The lowest BCUT2D eigenvalue weighted by molar-refractivity contribution is 0.0701. The van der Waals surface area contributed by atoms with Gasteiger partial charge in [-0.15, -0.1) is 11.3 Å². The first-order valence-electron chi connectivity index (χ1n) is 9.35. The number of piperidine rings is 1. The zero-order valence-corrected chi connectivity index (χ0v) is 16.6. The van der Waals surface area contributed by atoms with Crippen molar-refractivity contribution in [2.75, 3.05) is 4.90 Å². The summed E-state index contributed by atoms with van der Waals surface area (Å²) < 4.78 is 0. The number of anilines is 1. The second-order valence-electron chi connectivity index (χ2n) is 7.31. The summed E-state index contributed by atoms with van der Waals surface area (Å²) in [6, 6.07) is 10.6. The average molecular weight is 382 g/mol. The lowest BCUT2D eigenvalue weighted by Crippen LogP contribution is -2.44. The molecule has 0 aliphatic carbocycles. The van der Waals surface area contributed by atoms with Crippen LogP contribution in [0, 0.1) is 6.92 Å². The lowest BCUT2D eigenvalue weighted by Gasteiger charge is -2.40. The van der Waals surface area contributed by atoms with Gasteiger partial charge in [-0.3, -0.25) is 0 Å². The minimum absolute atomic E-state index is 0.350. The first-order chi connectivity index (χ1) is 13.0. The molecule has 1 saturated heterocycles. The van der Waals surface area contributed by atoms with E-state index < -0.39 is 5.97 Å². The Morgan fingerprint density at radius 3 is 2.44 bits per heavy atom. The first kappa shape index (κ1) is 17.9. The summed E-state index contributed by atoms with van der Waals surface area (Å²) in [5.74, 6) is 0.628. The standard InChI is InChI=1S/C21H23N3O2S/c1-12-8-7-9-13(2)24(12)19-16-14(3)17(21(25)26)27-20(16)23-18(22-19)15-10-5-4-6-11-15/h4-6,10-13H,7-9H2,1-3H3,(H,25,26). The number of benzene rings is 1. The van der Waals surface area contributed by atoms with Crippen molar-refractivity contribution >= 4 is 33.3 Å². The quantitative estimate of drug-likeness (QED) is 0.681. The topological polar surface area (TPSA) is 66.3 Å². The van der Waals surface area contributed by atoms with E-state index in [4.69, 9.17) is 9.97 Å². The summed E-state index contributed by atoms with van der Waals surface area (Å²) in [6.07, 6.45) is 3.44. The second kappa shape index (κ2) is 6.93. The molecule has 1 fully saturated rings. The number of carboxylic acids is 1. The largest absolute Gasteiger partial charge is 0.477 e. The molecule has 2 unspecified atom stereocenters. The van der Waals surface area contributed by atoms with Gasteiger partial charge < -0.3 is 10.0 Å². The zero-order valence-electron chi connectivity index (χ0n) is 15.8. The summed E-state index contributed by atoms with van der Waals surface area (Å²) in [7, 11) is 0. The maximum absolute atomic E-state index is 11.7. The maximum atomic E-state index is 11.7. The van der Waals surface area contributed by atoms with Crippen LogP contribution in [0.25, 0.3) is 21.6 Å². The highest BCUT2D eigenvalue weighted by Gasteiger charge is 2.30. The van der Waals surface area contributed by atoms with E-state index in [0.717, 1.165) is 40.0 Å². The number of nitrogens with zero attached hydrogens (tertiary/aromatic N) is 3. The van der Waals surface area contributed by atoms with Gasteiger partial charge in [-0.2, -0.15) is 0 Å². The van der Waals surface area contributed by atoms with Gasteiger partial charge in [0.1, 0.15) is 15.5 Å². The van der Waals surface area contributed by atoms with Crippen LogP contribution >= 0.6 is 11.3 Å². The maximum Gasteiger partial charge on any atom is 0.346 e. The van der Waals surface area contributed by atoms with Crippen LogP contribution in [0.1, 0.15) is 48.3 Å². The van der Waals surface area contributed by atoms with E-state index in [2.05, 4.69) is 18.7 Å². The predicted octanol–water partition coefficient (Wildman–Crippen LogP) is 5.13. The smallest absolute Gasteiger partial charge is 0.346 e. The van der Waals surface area contributed by atoms with Gasteiger partial charge in [-0.1, -0.05) is 30.3 Å². The number of hydrogen-bond donors (Lipinski definition) is 1. The number of aryl methyl sites for hydroxylation is 1. The molecule has 0 radical (unpaired) electrons. The van der Waals surface area contributed by atoms with E-state index in [0.29, 0.717) is 22.8 Å². The molecule has 0 bridgehead atoms. The van der Waals surface area contributed by atoms with Crippen LogP contribution in [-0.2, 0) is 0 Å². The van der Waals surface area contributed by atoms with Gasteiger partial charge in [0.05, 0.1) is 5.39 Å². The summed E-state index contributed by atoms with van der Waals surface area (Å²) in [6.45, 7) is 6.33. The number of rotatable bonds is 3. The molecule has 1 aliphatic rings. The molecule has 6 heteroatoms. The number of carboxylic acid groups (broad SMARTS) is 1. The molecule has 0 amide bonds. The van der Waals surface area contributed by atoms with E-state index in [1.807, 2.05) is 37.3 Å². The molecule has 0 spiro atoms. The van der Waals surface area contributed by atoms with E-state index in [1.54, 1.807) is 0 Å². The normalized spacial score (nSPS) is 20.2. The Labute approximate surface area is 162 Å². The van der Waals surface area contributed by atoms with Crippen molar-refractivity contribution in [2.45, 2.75) is 52.1 Å². The molecule has 1 aliphatic heterocycles. The minimum Gasteiger partial charge on any atom is -0.477 e. The van der Waals surface area contributed by atoms with Gasteiger partial charge in [0.25, 0.3) is 0 Å². The van der Waals surface area contributed by atoms with Crippen LogP contribution in [0.2, 0.25) is 0 Å². The highest BCUT2D eigenvalue weighted by molar-refractivity contribution is 7.20. The van der Waals surface area contributed by atoms with Crippen LogP contribution in [-0.4, -0.2) is 33.1 Å². The molecular weight excluding hydrogens is 358 g/mol. The Bertz CT molecular complexity index is 990. The van der Waals surface area contributed by atoms with Crippen molar-refractivity contribution in [1.82, 2.24) is 9.97 Å². The van der Waals surface area contributed by atoms with Crippen LogP contribution in [0.3, 0.4) is 0 Å². The van der Waals surface area contributed by atoms with E-state index in [9.17, 15) is 9.90 Å². The molecule has 140 valence electrons. The second-order valence-corrected chi connectivity index (χ2v) is 8.31. The van der Waals surface area contributed by atoms with Gasteiger partial charge in [0.15, 0.2) is 5.82 Å². The Morgan fingerprint density at radius 2 is 1.81 bits per heavy atom. The molecule has 4 rings (SSSR count). The monoisotopic (exact) mass is 381 g/mol. The molecule has 0 saturated carbocycles. The minimum atomic E-state index is -0.901. The number of carbonyl (C=O) groups is 1. The Morgan fingerprint density at radius 1 is 1.15 bits per heavy atom. The molecule has 3 heterocycles. The third-order valence-corrected chi connectivity index (χ3v) is 6.61. The third-order valence-electron chi connectivity index (χ3n) is 5.44. The first-order valence-corrected chi connectivity index (χ1v) is 10.2. The molecule has 5 nitrogen and oxygen atoms in total. The lowest BCUT2D eigenvalue weighted by atomic mass is 9.97. The van der Waals surface area contributed by atoms with E-state index in [1.165, 1.54) is 17.8 Å². The SMILES string of the molecule is Cc1c(C(=O)O)sc2nc(-c3ccccc3)nc(N3C(C)CCCC3C)c12. The van der Waals surface area contributed by atoms with Crippen molar-refractivity contribution in [3.8, 4) is 11.4 Å². The number of aromatic carboxylic acids is 1. The molecule has 1 N–H and O–H groups in total. The summed E-state index contributed by atoms with van der Waals surface area (Å²) in [5, 5.41) is 10.5. The highest BCUT2D eigenvalue weighted by atomic mass is 32.1. The Hall–Kier alpha value is -2.47. The fourth-order valence-corrected chi connectivity index (χ4v) is 5.08. The molecule has 1 aromatic carbocycles. The van der Waals surface area contributed by atoms with Crippen molar-refractivity contribution in [3.05, 3.63) is 40.8 Å². The van der Waals surface area contributed by atoms with Crippen molar-refractivity contribution in [1.29, 1.82) is 0 Å². The average Bonchev–Trinajstić information content (AvgIpc) is 2.99. The van der Waals surface area contributed by atoms with Crippen molar-refractivity contribution < 1.29 is 9.90 Å². The number of fused-ring (bicyclic) bond motifs is 1. The fourth-order valence-electron chi connectivity index (χ4n) is 4.06. The predicted molar refractivity (Wildman–Crippen MR) is 110 cm³/mol. The molecular formula is C21H23N3O2S. The van der Waals surface area contributed by atoms with Crippen LogP contribution < -0.4 is 4.90 Å². The van der Waals surface area contributed by atoms with Crippen LogP contribution in [0.5, 0.6) is 0 Å². The molecule has 2 aromatic heterocycles. The molecule has 3 aromatic rings. The van der Waals surface area contributed by atoms with E-state index in [-0.39, 0.29) is 0 Å². The highest BCUT2D eigenvalue weighted by Crippen LogP contribution is 2.40. The van der Waals surface area contributed by atoms with E-state index >= 15 is 0 Å². The van der Waals surface area contributed by atoms with Gasteiger partial charge >= 0.3 is 5.97 Å². The van der Waals surface area contributed by atoms with Crippen molar-refractivity contribution in [2.24, 2.45) is 0 Å². The Kier molecular flexibility index (Phi) is 4.60. The Balaban J connectivity index is 2.00. The molecule has 2 atom stereocenters. The van der Waals surface area contributed by atoms with Crippen LogP contribution in [0.4, 0.5) is 5.82 Å². The summed E-state index contributed by atoms with van der Waals surface area (Å²) in [4.78, 5) is 24.9. The number of thiophene rings is 1. The third kappa shape index (κ3) is 3.08. The van der Waals surface area contributed by atoms with Gasteiger partial charge in [0, 0.05) is 17.6 Å². The summed E-state index contributed by atoms with van der Waals surface area (Å²) >= 11 is 1.24. The fraction of sp³-hybridized carbons (Fsp3) is 0.381. The van der Waals surface area contributed by atoms with Gasteiger partial charge in [-0.25, -0.2) is 14.8 Å². The number of aromatic nitrogens is 2. The van der Waals surface area contributed by atoms with Crippen molar-refractivity contribution in [3.63, 3.8) is 0 Å². The zero-order chi connectivity index (χ0) is 19.1. The summed E-state index contributed by atoms with van der Waals surface area (Å²) in [5.41, 5.74) is 1.71. The number of hydrogen-bond acceptors (Lipinski definition) is 5. The molecule has 27 heavy (non-hydrogen) atoms. The van der Waals surface area contributed by atoms with Gasteiger partial charge in [0.2, 0.25) is 0 Å².